The summed E-state index contributed by atoms with van der Waals surface area (Å²) in [5, 5.41) is 8.81. The molecule has 3 heterocycles. The molecule has 170 valence electrons. The molecule has 1 aliphatic carbocycles. The topological polar surface area (TPSA) is 77.7 Å². The highest BCUT2D eigenvalue weighted by molar-refractivity contribution is 5.82. The number of fused-ring (bicyclic) bond motifs is 1. The Morgan fingerprint density at radius 1 is 1.09 bits per heavy atom. The van der Waals surface area contributed by atoms with Crippen molar-refractivity contribution in [2.24, 2.45) is 11.8 Å². The van der Waals surface area contributed by atoms with E-state index in [-0.39, 0.29) is 29.2 Å². The summed E-state index contributed by atoms with van der Waals surface area (Å²) in [6.07, 6.45) is 2.17. The molecule has 2 fully saturated rings. The molecule has 1 aromatic heterocycles. The van der Waals surface area contributed by atoms with Gasteiger partial charge in [0.2, 0.25) is 17.7 Å². The van der Waals surface area contributed by atoms with Crippen molar-refractivity contribution in [3.8, 4) is 23.0 Å². The number of nitrogens with zero attached hydrogens (tertiary/aromatic N) is 3. The van der Waals surface area contributed by atoms with Crippen molar-refractivity contribution in [1.29, 1.82) is 0 Å². The van der Waals surface area contributed by atoms with E-state index < -0.39 is 0 Å². The third-order valence-electron chi connectivity index (χ3n) is 7.90. The van der Waals surface area contributed by atoms with E-state index in [0.29, 0.717) is 24.0 Å². The third kappa shape index (κ3) is 2.77. The molecule has 4 atom stereocenters. The summed E-state index contributed by atoms with van der Waals surface area (Å²) in [4.78, 5) is 15.3. The van der Waals surface area contributed by atoms with E-state index in [1.165, 1.54) is 11.1 Å². The Balaban J connectivity index is 1.46. The SMILES string of the molecule is COc1cc2c(cc1OC)C13C[C@H](C)[C@@H](c4nnc(-c5ccccc5)o4)C1CC(=O)N3CC2. The number of benzene rings is 2. The van der Waals surface area contributed by atoms with E-state index >= 15 is 0 Å². The van der Waals surface area contributed by atoms with Crippen LogP contribution in [0.15, 0.2) is 46.9 Å². The van der Waals surface area contributed by atoms with Gasteiger partial charge in [-0.3, -0.25) is 4.79 Å². The first kappa shape index (κ1) is 20.3. The Labute approximate surface area is 192 Å². The van der Waals surface area contributed by atoms with Crippen molar-refractivity contribution >= 4 is 5.91 Å². The van der Waals surface area contributed by atoms with Crippen LogP contribution in [-0.2, 0) is 16.8 Å². The predicted molar refractivity (Wildman–Crippen MR) is 121 cm³/mol. The molecule has 3 aromatic rings. The zero-order valence-corrected chi connectivity index (χ0v) is 19.1. The molecular weight excluding hydrogens is 418 g/mol. The standard InChI is InChI=1S/C26H27N3O4/c1-15-14-26-18-12-21(32-3)20(31-2)11-17(18)9-10-29(26)22(30)13-19(26)23(15)25-28-27-24(33-25)16-7-5-4-6-8-16/h4-8,11-12,15,19,23H,9-10,13-14H2,1-3H3/t15-,19?,23+,26?/m0/s1. The van der Waals surface area contributed by atoms with Gasteiger partial charge in [-0.25, -0.2) is 0 Å². The summed E-state index contributed by atoms with van der Waals surface area (Å²) >= 11 is 0. The number of carbonyl (C=O) groups excluding carboxylic acids is 1. The van der Waals surface area contributed by atoms with E-state index in [9.17, 15) is 4.79 Å². The minimum atomic E-state index is -0.379. The van der Waals surface area contributed by atoms with Crippen LogP contribution in [-0.4, -0.2) is 41.8 Å². The number of amides is 1. The first-order valence-corrected chi connectivity index (χ1v) is 11.5. The maximum atomic E-state index is 13.2. The van der Waals surface area contributed by atoms with Crippen LogP contribution in [0, 0.1) is 11.8 Å². The van der Waals surface area contributed by atoms with Crippen LogP contribution in [0.3, 0.4) is 0 Å². The average molecular weight is 446 g/mol. The molecule has 1 amide bonds. The smallest absolute Gasteiger partial charge is 0.247 e. The highest BCUT2D eigenvalue weighted by atomic mass is 16.5. The zero-order chi connectivity index (χ0) is 22.7. The van der Waals surface area contributed by atoms with Crippen LogP contribution >= 0.6 is 0 Å². The molecule has 2 aliphatic heterocycles. The lowest BCUT2D eigenvalue weighted by molar-refractivity contribution is -0.132. The molecule has 1 saturated heterocycles. The largest absolute Gasteiger partial charge is 0.493 e. The summed E-state index contributed by atoms with van der Waals surface area (Å²) in [6.45, 7) is 2.96. The number of aromatic nitrogens is 2. The quantitative estimate of drug-likeness (QED) is 0.600. The van der Waals surface area contributed by atoms with Gasteiger partial charge >= 0.3 is 0 Å². The lowest BCUT2D eigenvalue weighted by Crippen LogP contribution is -2.49. The molecular formula is C26H27N3O4. The Kier molecular flexibility index (Phi) is 4.50. The second-order valence-electron chi connectivity index (χ2n) is 9.41. The van der Waals surface area contributed by atoms with E-state index in [1.807, 2.05) is 30.3 Å². The van der Waals surface area contributed by atoms with Crippen LogP contribution in [0.1, 0.15) is 42.7 Å². The molecule has 7 nitrogen and oxygen atoms in total. The Morgan fingerprint density at radius 3 is 2.61 bits per heavy atom. The lowest BCUT2D eigenvalue weighted by Gasteiger charge is -2.44. The molecule has 2 unspecified atom stereocenters. The Hall–Kier alpha value is -3.35. The summed E-state index contributed by atoms with van der Waals surface area (Å²) in [5.41, 5.74) is 2.93. The van der Waals surface area contributed by atoms with Gasteiger partial charge in [-0.1, -0.05) is 25.1 Å². The number of methoxy groups -OCH3 is 2. The van der Waals surface area contributed by atoms with Gasteiger partial charge < -0.3 is 18.8 Å². The fourth-order valence-electron chi connectivity index (χ4n) is 6.61. The zero-order valence-electron chi connectivity index (χ0n) is 19.1. The fraction of sp³-hybridized carbons (Fsp3) is 0.423. The van der Waals surface area contributed by atoms with Gasteiger partial charge in [-0.2, -0.15) is 0 Å². The highest BCUT2D eigenvalue weighted by Crippen LogP contribution is 2.64. The molecule has 33 heavy (non-hydrogen) atoms. The third-order valence-corrected chi connectivity index (χ3v) is 7.90. The molecule has 6 rings (SSSR count). The van der Waals surface area contributed by atoms with E-state index in [0.717, 1.165) is 30.7 Å². The number of carbonyl (C=O) groups is 1. The van der Waals surface area contributed by atoms with Gasteiger partial charge in [0, 0.05) is 30.4 Å². The Morgan fingerprint density at radius 2 is 1.85 bits per heavy atom. The van der Waals surface area contributed by atoms with E-state index in [2.05, 4.69) is 34.2 Å². The normalized spacial score (nSPS) is 27.8. The van der Waals surface area contributed by atoms with Crippen molar-refractivity contribution < 1.29 is 18.7 Å². The van der Waals surface area contributed by atoms with Gasteiger partial charge in [0.25, 0.3) is 0 Å². The molecule has 0 radical (unpaired) electrons. The van der Waals surface area contributed by atoms with Gasteiger partial charge in [0.05, 0.1) is 19.8 Å². The number of hydrogen-bond donors (Lipinski definition) is 0. The van der Waals surface area contributed by atoms with Gasteiger partial charge in [-0.15, -0.1) is 10.2 Å². The maximum Gasteiger partial charge on any atom is 0.247 e. The molecule has 0 bridgehead atoms. The Bertz CT molecular complexity index is 1220. The van der Waals surface area contributed by atoms with Crippen LogP contribution in [0.25, 0.3) is 11.5 Å². The molecule has 3 aliphatic rings. The summed E-state index contributed by atoms with van der Waals surface area (Å²) in [6, 6.07) is 14.0. The molecule has 7 heteroatoms. The maximum absolute atomic E-state index is 13.2. The summed E-state index contributed by atoms with van der Waals surface area (Å²) in [5.74, 6) is 3.17. The van der Waals surface area contributed by atoms with Crippen molar-refractivity contribution in [2.75, 3.05) is 20.8 Å². The first-order chi connectivity index (χ1) is 16.1. The second kappa shape index (κ2) is 7.33. The molecule has 2 aromatic carbocycles. The van der Waals surface area contributed by atoms with Crippen molar-refractivity contribution in [1.82, 2.24) is 15.1 Å². The summed E-state index contributed by atoms with van der Waals surface area (Å²) < 4.78 is 17.4. The molecule has 0 N–H and O–H groups in total. The number of ether oxygens (including phenoxy) is 2. The van der Waals surface area contributed by atoms with Gasteiger partial charge in [-0.05, 0) is 54.2 Å². The van der Waals surface area contributed by atoms with Crippen LogP contribution < -0.4 is 9.47 Å². The number of rotatable bonds is 4. The van der Waals surface area contributed by atoms with Crippen LogP contribution in [0.5, 0.6) is 11.5 Å². The first-order valence-electron chi connectivity index (χ1n) is 11.5. The lowest BCUT2D eigenvalue weighted by atomic mass is 9.74. The van der Waals surface area contributed by atoms with Crippen molar-refractivity contribution in [3.05, 3.63) is 59.5 Å². The van der Waals surface area contributed by atoms with Gasteiger partial charge in [0.15, 0.2) is 11.5 Å². The molecule has 1 spiro atoms. The van der Waals surface area contributed by atoms with E-state index in [1.54, 1.807) is 14.2 Å². The average Bonchev–Trinajstić information content (AvgIpc) is 3.49. The summed E-state index contributed by atoms with van der Waals surface area (Å²) in [7, 11) is 3.32. The van der Waals surface area contributed by atoms with Crippen LogP contribution in [0.2, 0.25) is 0 Å². The minimum Gasteiger partial charge on any atom is -0.493 e. The molecule has 1 saturated carbocycles. The van der Waals surface area contributed by atoms with Crippen molar-refractivity contribution in [2.45, 2.75) is 37.6 Å². The fourth-order valence-corrected chi connectivity index (χ4v) is 6.61. The van der Waals surface area contributed by atoms with Gasteiger partial charge in [0.1, 0.15) is 0 Å². The monoisotopic (exact) mass is 445 g/mol. The minimum absolute atomic E-state index is 0.0166. The van der Waals surface area contributed by atoms with Crippen molar-refractivity contribution in [3.63, 3.8) is 0 Å². The number of hydrogen-bond acceptors (Lipinski definition) is 6. The highest BCUT2D eigenvalue weighted by Gasteiger charge is 2.65. The van der Waals surface area contributed by atoms with E-state index in [4.69, 9.17) is 13.9 Å². The van der Waals surface area contributed by atoms with Crippen LogP contribution in [0.4, 0.5) is 0 Å². The predicted octanol–water partition coefficient (Wildman–Crippen LogP) is 4.18. The second-order valence-corrected chi connectivity index (χ2v) is 9.41.